The molecule has 1 aliphatic heterocycles. The number of fused-ring (bicyclic) bond motifs is 1. The van der Waals surface area contributed by atoms with Crippen molar-refractivity contribution in [3.05, 3.63) is 47.2 Å². The van der Waals surface area contributed by atoms with Gasteiger partial charge in [-0.1, -0.05) is 31.1 Å². The van der Waals surface area contributed by atoms with Crippen LogP contribution in [0.5, 0.6) is 0 Å². The Bertz CT molecular complexity index is 925. The molecule has 0 bridgehead atoms. The maximum Gasteiger partial charge on any atom is 0.270 e. The molecule has 3 aromatic rings. The zero-order valence-electron chi connectivity index (χ0n) is 14.7. The molecule has 1 N–H and O–H groups in total. The highest BCUT2D eigenvalue weighted by atomic mass is 16.5. The second-order valence-electron chi connectivity index (χ2n) is 7.08. The Labute approximate surface area is 146 Å². The second-order valence-corrected chi connectivity index (χ2v) is 7.08. The number of hydrogen-bond donors (Lipinski definition) is 1. The third-order valence-corrected chi connectivity index (χ3v) is 4.77. The Morgan fingerprint density at radius 1 is 1.36 bits per heavy atom. The minimum absolute atomic E-state index is 0.00718. The summed E-state index contributed by atoms with van der Waals surface area (Å²) < 4.78 is 5.33. The Balaban J connectivity index is 1.62. The average molecular weight is 338 g/mol. The number of aromatic nitrogens is 3. The summed E-state index contributed by atoms with van der Waals surface area (Å²) in [4.78, 5) is 22.6. The van der Waals surface area contributed by atoms with Crippen molar-refractivity contribution in [2.45, 2.75) is 45.6 Å². The molecule has 1 amide bonds. The Morgan fingerprint density at radius 3 is 2.96 bits per heavy atom. The maximum absolute atomic E-state index is 13.0. The fraction of sp³-hybridized carbons (Fsp3) is 0.421. The second kappa shape index (κ2) is 6.02. The summed E-state index contributed by atoms with van der Waals surface area (Å²) in [6.07, 6.45) is 1.81. The third-order valence-electron chi connectivity index (χ3n) is 4.77. The van der Waals surface area contributed by atoms with Crippen molar-refractivity contribution < 1.29 is 9.32 Å². The standard InChI is InChI=1S/C19H22N4O2/c1-11(2)18-21-17(22-25-18)16-5-4-8-23(16)19(24)15-10-13-7-6-12(3)9-14(13)20-15/h6-7,9-11,16,20H,4-5,8H2,1-3H3/t16-/m0/s1. The molecule has 25 heavy (non-hydrogen) atoms. The summed E-state index contributed by atoms with van der Waals surface area (Å²) in [5, 5.41) is 5.16. The molecule has 4 rings (SSSR count). The van der Waals surface area contributed by atoms with Gasteiger partial charge >= 0.3 is 0 Å². The molecule has 0 spiro atoms. The molecule has 2 aromatic heterocycles. The van der Waals surface area contributed by atoms with E-state index in [4.69, 9.17) is 4.52 Å². The van der Waals surface area contributed by atoms with Crippen LogP contribution in [0.25, 0.3) is 10.9 Å². The number of hydrogen-bond acceptors (Lipinski definition) is 4. The molecule has 1 saturated heterocycles. The van der Waals surface area contributed by atoms with Gasteiger partial charge in [0.2, 0.25) is 5.89 Å². The molecule has 6 nitrogen and oxygen atoms in total. The first-order chi connectivity index (χ1) is 12.0. The lowest BCUT2D eigenvalue weighted by atomic mass is 10.2. The number of carbonyl (C=O) groups excluding carboxylic acids is 1. The van der Waals surface area contributed by atoms with Crippen LogP contribution in [0.4, 0.5) is 0 Å². The number of H-pyrrole nitrogens is 1. The van der Waals surface area contributed by atoms with Gasteiger partial charge in [0, 0.05) is 23.4 Å². The van der Waals surface area contributed by atoms with Crippen LogP contribution in [0.2, 0.25) is 0 Å². The molecular formula is C19H22N4O2. The molecule has 1 aliphatic rings. The summed E-state index contributed by atoms with van der Waals surface area (Å²) in [7, 11) is 0. The van der Waals surface area contributed by atoms with E-state index in [9.17, 15) is 4.79 Å². The lowest BCUT2D eigenvalue weighted by molar-refractivity contribution is 0.0723. The normalized spacial score (nSPS) is 17.8. The molecule has 0 saturated carbocycles. The van der Waals surface area contributed by atoms with Gasteiger partial charge in [0.15, 0.2) is 5.82 Å². The highest BCUT2D eigenvalue weighted by Gasteiger charge is 2.34. The van der Waals surface area contributed by atoms with E-state index < -0.39 is 0 Å². The van der Waals surface area contributed by atoms with Gasteiger partial charge in [0.05, 0.1) is 6.04 Å². The number of likely N-dealkylation sites (tertiary alicyclic amines) is 1. The highest BCUT2D eigenvalue weighted by molar-refractivity contribution is 5.98. The number of nitrogens with one attached hydrogen (secondary N) is 1. The van der Waals surface area contributed by atoms with Crippen molar-refractivity contribution in [3.63, 3.8) is 0 Å². The minimum Gasteiger partial charge on any atom is -0.351 e. The zero-order chi connectivity index (χ0) is 17.6. The average Bonchev–Trinajstić information content (AvgIpc) is 3.31. The molecule has 1 aromatic carbocycles. The van der Waals surface area contributed by atoms with Crippen LogP contribution in [0.3, 0.4) is 0 Å². The first-order valence-electron chi connectivity index (χ1n) is 8.77. The van der Waals surface area contributed by atoms with Crippen LogP contribution < -0.4 is 0 Å². The van der Waals surface area contributed by atoms with Gasteiger partial charge in [0.25, 0.3) is 5.91 Å². The number of amides is 1. The monoisotopic (exact) mass is 338 g/mol. The number of benzene rings is 1. The van der Waals surface area contributed by atoms with E-state index in [1.54, 1.807) is 0 Å². The van der Waals surface area contributed by atoms with E-state index >= 15 is 0 Å². The number of aromatic amines is 1. The van der Waals surface area contributed by atoms with Crippen molar-refractivity contribution in [1.29, 1.82) is 0 Å². The van der Waals surface area contributed by atoms with Crippen molar-refractivity contribution >= 4 is 16.8 Å². The largest absolute Gasteiger partial charge is 0.351 e. The molecule has 0 unspecified atom stereocenters. The molecule has 1 fully saturated rings. The van der Waals surface area contributed by atoms with Gasteiger partial charge in [-0.2, -0.15) is 4.98 Å². The van der Waals surface area contributed by atoms with Crippen LogP contribution in [0.15, 0.2) is 28.8 Å². The predicted octanol–water partition coefficient (Wildman–Crippen LogP) is 3.96. The van der Waals surface area contributed by atoms with Gasteiger partial charge in [-0.15, -0.1) is 0 Å². The van der Waals surface area contributed by atoms with Crippen LogP contribution in [0.1, 0.15) is 66.4 Å². The lowest BCUT2D eigenvalue weighted by Crippen LogP contribution is -2.31. The van der Waals surface area contributed by atoms with E-state index in [1.807, 2.05) is 37.8 Å². The topological polar surface area (TPSA) is 75.0 Å². The fourth-order valence-corrected chi connectivity index (χ4v) is 3.41. The summed E-state index contributed by atoms with van der Waals surface area (Å²) in [5.74, 6) is 1.41. The van der Waals surface area contributed by atoms with E-state index in [-0.39, 0.29) is 17.9 Å². The maximum atomic E-state index is 13.0. The Kier molecular flexibility index (Phi) is 3.82. The summed E-state index contributed by atoms with van der Waals surface area (Å²) in [6, 6.07) is 7.95. The molecule has 0 aliphatic carbocycles. The molecular weight excluding hydrogens is 316 g/mol. The number of aryl methyl sites for hydroxylation is 1. The minimum atomic E-state index is -0.114. The third kappa shape index (κ3) is 2.81. The van der Waals surface area contributed by atoms with Crippen molar-refractivity contribution in [2.75, 3.05) is 6.54 Å². The van der Waals surface area contributed by atoms with Crippen LogP contribution in [0, 0.1) is 6.92 Å². The van der Waals surface area contributed by atoms with Crippen molar-refractivity contribution in [2.24, 2.45) is 0 Å². The predicted molar refractivity (Wildman–Crippen MR) is 94.4 cm³/mol. The SMILES string of the molecule is Cc1ccc2cc(C(=O)N3CCC[C@H]3c3noc(C(C)C)n3)[nH]c2c1. The first kappa shape index (κ1) is 15.9. The first-order valence-corrected chi connectivity index (χ1v) is 8.77. The van der Waals surface area contributed by atoms with Crippen molar-refractivity contribution in [1.82, 2.24) is 20.0 Å². The van der Waals surface area contributed by atoms with Crippen LogP contribution in [-0.4, -0.2) is 32.5 Å². The van der Waals surface area contributed by atoms with Gasteiger partial charge in [-0.25, -0.2) is 0 Å². The van der Waals surface area contributed by atoms with Gasteiger partial charge in [-0.05, 0) is 37.5 Å². The van der Waals surface area contributed by atoms with Gasteiger partial charge < -0.3 is 14.4 Å². The van der Waals surface area contributed by atoms with Gasteiger partial charge in [-0.3, -0.25) is 4.79 Å². The zero-order valence-corrected chi connectivity index (χ0v) is 14.7. The quantitative estimate of drug-likeness (QED) is 0.784. The van der Waals surface area contributed by atoms with Crippen LogP contribution in [-0.2, 0) is 0 Å². The van der Waals surface area contributed by atoms with E-state index in [0.29, 0.717) is 24.0 Å². The fourth-order valence-electron chi connectivity index (χ4n) is 3.41. The number of nitrogens with zero attached hydrogens (tertiary/aromatic N) is 3. The van der Waals surface area contributed by atoms with E-state index in [0.717, 1.165) is 23.7 Å². The van der Waals surface area contributed by atoms with E-state index in [2.05, 4.69) is 27.3 Å². The molecule has 1 atom stereocenters. The van der Waals surface area contributed by atoms with Crippen LogP contribution >= 0.6 is 0 Å². The molecule has 130 valence electrons. The highest BCUT2D eigenvalue weighted by Crippen LogP contribution is 2.32. The van der Waals surface area contributed by atoms with Gasteiger partial charge in [0.1, 0.15) is 5.69 Å². The number of carbonyl (C=O) groups is 1. The Morgan fingerprint density at radius 2 is 2.20 bits per heavy atom. The molecule has 0 radical (unpaired) electrons. The Hall–Kier alpha value is -2.63. The molecule has 3 heterocycles. The number of rotatable bonds is 3. The molecule has 6 heteroatoms. The smallest absolute Gasteiger partial charge is 0.270 e. The van der Waals surface area contributed by atoms with Crippen molar-refractivity contribution in [3.8, 4) is 0 Å². The van der Waals surface area contributed by atoms with E-state index in [1.165, 1.54) is 5.56 Å². The summed E-state index contributed by atoms with van der Waals surface area (Å²) in [6.45, 7) is 6.78. The summed E-state index contributed by atoms with van der Waals surface area (Å²) in [5.41, 5.74) is 2.77. The lowest BCUT2D eigenvalue weighted by Gasteiger charge is -2.21. The summed E-state index contributed by atoms with van der Waals surface area (Å²) >= 11 is 0.